The van der Waals surface area contributed by atoms with E-state index >= 15 is 0 Å². The Morgan fingerprint density at radius 3 is 1.09 bits per heavy atom. The molecule has 0 aromatic heterocycles. The van der Waals surface area contributed by atoms with Crippen LogP contribution >= 0.6 is 24.8 Å². The Morgan fingerprint density at radius 2 is 0.872 bits per heavy atom. The van der Waals surface area contributed by atoms with Crippen molar-refractivity contribution in [3.8, 4) is 34.5 Å². The highest BCUT2D eigenvalue weighted by molar-refractivity contribution is 5.90. The maximum Gasteiger partial charge on any atom is 0.335 e. The van der Waals surface area contributed by atoms with Gasteiger partial charge >= 0.3 is 11.9 Å². The molecule has 0 spiro atoms. The van der Waals surface area contributed by atoms with Crippen LogP contribution in [0, 0.1) is 0 Å². The van der Waals surface area contributed by atoms with Gasteiger partial charge in [0.25, 0.3) is 0 Å². The molecule has 1 heterocycles. The molecule has 3 rings (SSSR count). The van der Waals surface area contributed by atoms with Gasteiger partial charge in [0, 0.05) is 39.4 Å². The van der Waals surface area contributed by atoms with Crippen LogP contribution in [-0.4, -0.2) is 137 Å². The molecule has 2 aromatic carbocycles. The summed E-state index contributed by atoms with van der Waals surface area (Å²) >= 11 is 0. The number of aromatic carboxylic acids is 2. The fraction of sp³-hybridized carbons (Fsp3) is 0.548. The van der Waals surface area contributed by atoms with Gasteiger partial charge in [0.05, 0.1) is 53.8 Å². The molecule has 0 atom stereocenters. The first-order valence-electron chi connectivity index (χ1n) is 14.4. The molecule has 2 aromatic rings. The van der Waals surface area contributed by atoms with Crippen molar-refractivity contribution in [2.45, 2.75) is 19.3 Å². The summed E-state index contributed by atoms with van der Waals surface area (Å²) in [5, 5.41) is 35.2. The van der Waals surface area contributed by atoms with Crippen molar-refractivity contribution >= 4 is 36.8 Å². The maximum atomic E-state index is 10.8. The van der Waals surface area contributed by atoms with Gasteiger partial charge in [-0.15, -0.1) is 24.8 Å². The number of carboxylic acids is 2. The molecule has 0 radical (unpaired) electrons. The normalized spacial score (nSPS) is 12.6. The third kappa shape index (κ3) is 15.4. The van der Waals surface area contributed by atoms with Gasteiger partial charge < -0.3 is 58.6 Å². The number of aliphatic hydroxyl groups is 2. The Hall–Kier alpha value is -3.40. The van der Waals surface area contributed by atoms with E-state index in [1.54, 1.807) is 0 Å². The lowest BCUT2D eigenvalue weighted by Crippen LogP contribution is -2.32. The van der Waals surface area contributed by atoms with E-state index in [-0.39, 0.29) is 35.9 Å². The number of hydrogen-bond acceptors (Lipinski definition) is 12. The molecule has 4 N–H and O–H groups in total. The van der Waals surface area contributed by atoms with E-state index < -0.39 is 11.9 Å². The molecule has 0 amide bonds. The van der Waals surface area contributed by atoms with Crippen LogP contribution in [0.3, 0.4) is 0 Å². The Balaban J connectivity index is 0. The number of halogens is 2. The quantitative estimate of drug-likeness (QED) is 0.224. The van der Waals surface area contributed by atoms with Gasteiger partial charge in [-0.25, -0.2) is 9.59 Å². The fourth-order valence-corrected chi connectivity index (χ4v) is 4.47. The highest BCUT2D eigenvalue weighted by Crippen LogP contribution is 2.39. The summed E-state index contributed by atoms with van der Waals surface area (Å²) in [6.07, 6.45) is 2.98. The molecule has 270 valence electrons. The third-order valence-corrected chi connectivity index (χ3v) is 6.77. The van der Waals surface area contributed by atoms with E-state index in [9.17, 15) is 9.59 Å². The standard InChI is InChI=1S/C11H24N2O2.2C10H12O5.2ClH/c14-10-2-6-12-4-1-5-13(9-8-12)7-3-11-15;2*1-13-7-4-6(10(11)12)5-8(14-2)9(7)15-3;;/h14-15H,1-11H2;2*4-5H,1-3H3,(H,11,12);2*1H. The number of rotatable bonds is 14. The van der Waals surface area contributed by atoms with Crippen molar-refractivity contribution in [3.63, 3.8) is 0 Å². The first-order valence-corrected chi connectivity index (χ1v) is 14.4. The first kappa shape index (κ1) is 45.7. The Morgan fingerprint density at radius 1 is 0.574 bits per heavy atom. The summed E-state index contributed by atoms with van der Waals surface area (Å²) in [7, 11) is 8.65. The van der Waals surface area contributed by atoms with Crippen LogP contribution in [0.25, 0.3) is 0 Å². The molecular weight excluding hydrogens is 663 g/mol. The molecular formula is C31H50Cl2N2O12. The monoisotopic (exact) mass is 712 g/mol. The lowest BCUT2D eigenvalue weighted by atomic mass is 10.2. The van der Waals surface area contributed by atoms with E-state index in [1.807, 2.05) is 0 Å². The van der Waals surface area contributed by atoms with Crippen molar-refractivity contribution in [1.29, 1.82) is 0 Å². The fourth-order valence-electron chi connectivity index (χ4n) is 4.47. The van der Waals surface area contributed by atoms with Gasteiger partial charge in [-0.2, -0.15) is 0 Å². The zero-order valence-electron chi connectivity index (χ0n) is 27.9. The van der Waals surface area contributed by atoms with E-state index in [2.05, 4.69) is 9.80 Å². The zero-order valence-corrected chi connectivity index (χ0v) is 29.5. The van der Waals surface area contributed by atoms with Gasteiger partial charge in [-0.1, -0.05) is 0 Å². The van der Waals surface area contributed by atoms with Crippen molar-refractivity contribution in [1.82, 2.24) is 9.80 Å². The van der Waals surface area contributed by atoms with Gasteiger partial charge in [0.2, 0.25) is 11.5 Å². The van der Waals surface area contributed by atoms with Crippen molar-refractivity contribution in [2.24, 2.45) is 0 Å². The predicted molar refractivity (Wildman–Crippen MR) is 182 cm³/mol. The molecule has 0 saturated carbocycles. The highest BCUT2D eigenvalue weighted by atomic mass is 35.5. The molecule has 47 heavy (non-hydrogen) atoms. The Bertz CT molecular complexity index is 1050. The number of ether oxygens (including phenoxy) is 6. The summed E-state index contributed by atoms with van der Waals surface area (Å²) in [5.74, 6) is -0.0227. The predicted octanol–water partition coefficient (Wildman–Crippen LogP) is 3.42. The van der Waals surface area contributed by atoms with Crippen LogP contribution in [0.1, 0.15) is 40.0 Å². The molecule has 0 bridgehead atoms. The van der Waals surface area contributed by atoms with E-state index in [0.717, 1.165) is 52.1 Å². The van der Waals surface area contributed by atoms with Crippen LogP contribution in [0.2, 0.25) is 0 Å². The third-order valence-electron chi connectivity index (χ3n) is 6.77. The second-order valence-corrected chi connectivity index (χ2v) is 9.63. The van der Waals surface area contributed by atoms with Gasteiger partial charge in [-0.05, 0) is 56.6 Å². The van der Waals surface area contributed by atoms with Crippen LogP contribution < -0.4 is 28.4 Å². The van der Waals surface area contributed by atoms with E-state index in [0.29, 0.717) is 47.7 Å². The Labute approximate surface area is 288 Å². The van der Waals surface area contributed by atoms with Crippen LogP contribution in [0.5, 0.6) is 34.5 Å². The minimum absolute atomic E-state index is 0. The summed E-state index contributed by atoms with van der Waals surface area (Å²) in [5.41, 5.74) is 0.175. The smallest absolute Gasteiger partial charge is 0.335 e. The number of hydrogen-bond donors (Lipinski definition) is 4. The van der Waals surface area contributed by atoms with Gasteiger partial charge in [-0.3, -0.25) is 0 Å². The molecule has 1 fully saturated rings. The SMILES string of the molecule is COc1cc(C(=O)O)cc(OC)c1OC.COc1cc(C(=O)O)cc(OC)c1OC.Cl.Cl.OCCCN1CCCN(CCCO)CC1. The van der Waals surface area contributed by atoms with E-state index in [1.165, 1.54) is 73.3 Å². The lowest BCUT2D eigenvalue weighted by molar-refractivity contribution is 0.0685. The van der Waals surface area contributed by atoms with Gasteiger partial charge in [0.1, 0.15) is 0 Å². The number of carbonyl (C=O) groups is 2. The summed E-state index contributed by atoms with van der Waals surface area (Å²) in [6.45, 7) is 7.13. The molecule has 14 nitrogen and oxygen atoms in total. The average molecular weight is 714 g/mol. The van der Waals surface area contributed by atoms with Crippen molar-refractivity contribution in [3.05, 3.63) is 35.4 Å². The average Bonchev–Trinajstić information content (AvgIpc) is 3.30. The number of carboxylic acid groups (broad SMARTS) is 2. The largest absolute Gasteiger partial charge is 0.493 e. The number of nitrogens with zero attached hydrogens (tertiary/aromatic N) is 2. The van der Waals surface area contributed by atoms with Gasteiger partial charge in [0.15, 0.2) is 23.0 Å². The zero-order chi connectivity index (χ0) is 33.8. The van der Waals surface area contributed by atoms with Crippen molar-refractivity contribution < 1.29 is 58.4 Å². The molecule has 0 aliphatic carbocycles. The Kier molecular flexibility index (Phi) is 25.0. The van der Waals surface area contributed by atoms with Crippen LogP contribution in [0.4, 0.5) is 0 Å². The minimum Gasteiger partial charge on any atom is -0.493 e. The lowest BCUT2D eigenvalue weighted by Gasteiger charge is -2.21. The number of benzene rings is 2. The molecule has 1 aliphatic heterocycles. The first-order chi connectivity index (χ1) is 21.6. The summed E-state index contributed by atoms with van der Waals surface area (Å²) in [6, 6.07) is 5.51. The maximum absolute atomic E-state index is 10.8. The molecule has 0 unspecified atom stereocenters. The number of methoxy groups -OCH3 is 6. The topological polar surface area (TPSA) is 177 Å². The molecule has 16 heteroatoms. The minimum atomic E-state index is -1.05. The summed E-state index contributed by atoms with van der Waals surface area (Å²) < 4.78 is 30.1. The second kappa shape index (κ2) is 25.7. The van der Waals surface area contributed by atoms with E-state index in [4.69, 9.17) is 48.8 Å². The second-order valence-electron chi connectivity index (χ2n) is 9.63. The van der Waals surface area contributed by atoms with Crippen LogP contribution in [0.15, 0.2) is 24.3 Å². The highest BCUT2D eigenvalue weighted by Gasteiger charge is 2.17. The van der Waals surface area contributed by atoms with Crippen LogP contribution in [-0.2, 0) is 0 Å². The molecule has 1 aliphatic rings. The summed E-state index contributed by atoms with van der Waals surface area (Å²) in [4.78, 5) is 26.4. The number of aliphatic hydroxyl groups excluding tert-OH is 2. The molecule has 1 saturated heterocycles. The van der Waals surface area contributed by atoms with Crippen molar-refractivity contribution in [2.75, 3.05) is 95.1 Å².